The third kappa shape index (κ3) is 4.05. The second kappa shape index (κ2) is 7.59. The number of aliphatic hydroxyl groups excluding tert-OH is 1. The van der Waals surface area contributed by atoms with Gasteiger partial charge in [-0.2, -0.15) is 0 Å². The fourth-order valence-corrected chi connectivity index (χ4v) is 4.67. The lowest BCUT2D eigenvalue weighted by molar-refractivity contribution is 0.299. The van der Waals surface area contributed by atoms with Crippen LogP contribution in [0.1, 0.15) is 24.0 Å². The minimum Gasteiger partial charge on any atom is -0.396 e. The molecule has 2 aromatic carbocycles. The zero-order valence-electron chi connectivity index (χ0n) is 14.8. The van der Waals surface area contributed by atoms with Crippen LogP contribution in [0.4, 0.5) is 5.69 Å². The van der Waals surface area contributed by atoms with Crippen LogP contribution in [0.2, 0.25) is 0 Å². The van der Waals surface area contributed by atoms with Crippen LogP contribution in [0.5, 0.6) is 0 Å². The average Bonchev–Trinajstić information content (AvgIpc) is 3.14. The van der Waals surface area contributed by atoms with Crippen LogP contribution in [0.3, 0.4) is 0 Å². The lowest BCUT2D eigenvalue weighted by atomic mass is 10.0. The molecule has 0 aromatic heterocycles. The molecule has 3 heteroatoms. The Morgan fingerprint density at radius 3 is 2.36 bits per heavy atom. The molecule has 1 heterocycles. The summed E-state index contributed by atoms with van der Waals surface area (Å²) in [6.07, 6.45) is 3.29. The van der Waals surface area contributed by atoms with Gasteiger partial charge in [0, 0.05) is 38.0 Å². The number of aliphatic hydroxyl groups is 1. The number of anilines is 1. The number of fused-ring (bicyclic) bond motifs is 1. The molecule has 1 saturated heterocycles. The number of nitrogens with zero attached hydrogens (tertiary/aromatic N) is 1. The summed E-state index contributed by atoms with van der Waals surface area (Å²) in [4.78, 5) is 2.63. The zero-order chi connectivity index (χ0) is 17.1. The highest BCUT2D eigenvalue weighted by molar-refractivity contribution is 5.47. The van der Waals surface area contributed by atoms with Gasteiger partial charge in [-0.3, -0.25) is 4.90 Å². The normalized spacial score (nSPS) is 23.7. The molecule has 2 atom stereocenters. The third-order valence-corrected chi connectivity index (χ3v) is 5.77. The van der Waals surface area contributed by atoms with Crippen LogP contribution in [0.15, 0.2) is 54.6 Å². The minimum atomic E-state index is 0.217. The van der Waals surface area contributed by atoms with Crippen LogP contribution in [-0.4, -0.2) is 35.7 Å². The molecule has 2 aliphatic rings. The van der Waals surface area contributed by atoms with Crippen molar-refractivity contribution in [3.05, 3.63) is 65.7 Å². The Labute approximate surface area is 150 Å². The maximum Gasteiger partial charge on any atom is 0.0471 e. The zero-order valence-corrected chi connectivity index (χ0v) is 14.8. The molecule has 4 rings (SSSR count). The van der Waals surface area contributed by atoms with Gasteiger partial charge in [0.1, 0.15) is 0 Å². The summed E-state index contributed by atoms with van der Waals surface area (Å²) in [6.45, 7) is 3.79. The largest absolute Gasteiger partial charge is 0.396 e. The van der Waals surface area contributed by atoms with Gasteiger partial charge in [0.15, 0.2) is 0 Å². The maximum absolute atomic E-state index is 9.11. The number of benzene rings is 2. The number of likely N-dealkylation sites (tertiary alicyclic amines) is 1. The van der Waals surface area contributed by atoms with Crippen molar-refractivity contribution in [3.8, 4) is 0 Å². The molecular formula is C22H28N2O. The quantitative estimate of drug-likeness (QED) is 0.847. The van der Waals surface area contributed by atoms with E-state index in [0.717, 1.165) is 24.8 Å². The Hall–Kier alpha value is -1.84. The predicted molar refractivity (Wildman–Crippen MR) is 103 cm³/mol. The Bertz CT molecular complexity index is 673. The number of hydrogen-bond acceptors (Lipinski definition) is 3. The van der Waals surface area contributed by atoms with Gasteiger partial charge >= 0.3 is 0 Å². The lowest BCUT2D eigenvalue weighted by Gasteiger charge is -2.20. The first-order valence-electron chi connectivity index (χ1n) is 9.53. The molecule has 2 aromatic rings. The summed E-state index contributed by atoms with van der Waals surface area (Å²) in [5.74, 6) is 1.67. The van der Waals surface area contributed by atoms with Crippen LogP contribution in [-0.2, 0) is 13.0 Å². The van der Waals surface area contributed by atoms with Gasteiger partial charge in [-0.25, -0.2) is 0 Å². The van der Waals surface area contributed by atoms with Gasteiger partial charge in [0.25, 0.3) is 0 Å². The second-order valence-electron chi connectivity index (χ2n) is 7.69. The molecule has 0 radical (unpaired) electrons. The second-order valence-corrected chi connectivity index (χ2v) is 7.69. The van der Waals surface area contributed by atoms with Crippen molar-refractivity contribution in [2.45, 2.75) is 31.8 Å². The molecule has 0 bridgehead atoms. The molecule has 1 saturated carbocycles. The van der Waals surface area contributed by atoms with E-state index in [1.54, 1.807) is 0 Å². The van der Waals surface area contributed by atoms with Gasteiger partial charge in [0.2, 0.25) is 0 Å². The molecule has 25 heavy (non-hydrogen) atoms. The highest BCUT2D eigenvalue weighted by atomic mass is 16.2. The number of hydrogen-bond donors (Lipinski definition) is 2. The summed E-state index contributed by atoms with van der Waals surface area (Å²) in [7, 11) is 0. The van der Waals surface area contributed by atoms with Gasteiger partial charge in [-0.1, -0.05) is 42.5 Å². The lowest BCUT2D eigenvalue weighted by Crippen LogP contribution is -2.25. The van der Waals surface area contributed by atoms with Crippen molar-refractivity contribution in [3.63, 3.8) is 0 Å². The molecule has 0 unspecified atom stereocenters. The molecular weight excluding hydrogens is 308 g/mol. The van der Waals surface area contributed by atoms with Crippen molar-refractivity contribution in [1.82, 2.24) is 4.90 Å². The van der Waals surface area contributed by atoms with Crippen LogP contribution >= 0.6 is 0 Å². The van der Waals surface area contributed by atoms with Crippen LogP contribution in [0.25, 0.3) is 0 Å². The van der Waals surface area contributed by atoms with Gasteiger partial charge in [-0.05, 0) is 54.4 Å². The minimum absolute atomic E-state index is 0.217. The summed E-state index contributed by atoms with van der Waals surface area (Å²) in [5.41, 5.74) is 3.84. The third-order valence-electron chi connectivity index (χ3n) is 5.77. The molecule has 2 N–H and O–H groups in total. The standard InChI is InChI=1S/C22H28N2O/c25-10-9-17-7-4-8-21(11-17)23-22-12-19-15-24(16-20(19)13-22)14-18-5-2-1-3-6-18/h1-8,11,19-20,22-23,25H,9-10,12-16H2/t19-,20-/m1/s1. The molecule has 1 aliphatic heterocycles. The fourth-order valence-electron chi connectivity index (χ4n) is 4.67. The molecule has 1 aliphatic carbocycles. The molecule has 132 valence electrons. The van der Waals surface area contributed by atoms with E-state index in [1.165, 1.54) is 42.7 Å². The Morgan fingerprint density at radius 2 is 1.64 bits per heavy atom. The van der Waals surface area contributed by atoms with Crippen molar-refractivity contribution in [1.29, 1.82) is 0 Å². The van der Waals surface area contributed by atoms with E-state index in [0.29, 0.717) is 6.04 Å². The summed E-state index contributed by atoms with van der Waals surface area (Å²) in [6, 6.07) is 19.9. The van der Waals surface area contributed by atoms with E-state index in [2.05, 4.69) is 64.8 Å². The molecule has 2 fully saturated rings. The fraction of sp³-hybridized carbons (Fsp3) is 0.455. The van der Waals surface area contributed by atoms with Gasteiger partial charge in [0.05, 0.1) is 0 Å². The number of nitrogens with one attached hydrogen (secondary N) is 1. The first-order chi connectivity index (χ1) is 12.3. The summed E-state index contributed by atoms with van der Waals surface area (Å²) >= 11 is 0. The van der Waals surface area contributed by atoms with Gasteiger partial charge in [-0.15, -0.1) is 0 Å². The first-order valence-corrected chi connectivity index (χ1v) is 9.53. The average molecular weight is 336 g/mol. The van der Waals surface area contributed by atoms with Crippen molar-refractivity contribution in [2.75, 3.05) is 25.0 Å². The summed E-state index contributed by atoms with van der Waals surface area (Å²) < 4.78 is 0. The highest BCUT2D eigenvalue weighted by Gasteiger charge is 2.40. The van der Waals surface area contributed by atoms with Crippen molar-refractivity contribution >= 4 is 5.69 Å². The first kappa shape index (κ1) is 16.6. The SMILES string of the molecule is OCCc1cccc(NC2C[C@@H]3CN(Cc4ccccc4)C[C@H]3C2)c1. The van der Waals surface area contributed by atoms with E-state index < -0.39 is 0 Å². The smallest absolute Gasteiger partial charge is 0.0471 e. The Morgan fingerprint density at radius 1 is 0.920 bits per heavy atom. The molecule has 0 amide bonds. The monoisotopic (exact) mass is 336 g/mol. The molecule has 0 spiro atoms. The topological polar surface area (TPSA) is 35.5 Å². The predicted octanol–water partition coefficient (Wildman–Crippen LogP) is 3.54. The highest BCUT2D eigenvalue weighted by Crippen LogP contribution is 2.39. The van der Waals surface area contributed by atoms with E-state index in [4.69, 9.17) is 5.11 Å². The number of rotatable bonds is 6. The Kier molecular flexibility index (Phi) is 5.04. The summed E-state index contributed by atoms with van der Waals surface area (Å²) in [5, 5.41) is 12.8. The van der Waals surface area contributed by atoms with E-state index in [1.807, 2.05) is 0 Å². The molecule has 3 nitrogen and oxygen atoms in total. The van der Waals surface area contributed by atoms with E-state index in [9.17, 15) is 0 Å². The van der Waals surface area contributed by atoms with Crippen molar-refractivity contribution < 1.29 is 5.11 Å². The van der Waals surface area contributed by atoms with E-state index >= 15 is 0 Å². The van der Waals surface area contributed by atoms with Crippen LogP contribution in [0, 0.1) is 11.8 Å². The Balaban J connectivity index is 1.30. The van der Waals surface area contributed by atoms with Crippen molar-refractivity contribution in [2.24, 2.45) is 11.8 Å². The maximum atomic E-state index is 9.11. The van der Waals surface area contributed by atoms with E-state index in [-0.39, 0.29) is 6.61 Å². The van der Waals surface area contributed by atoms with Gasteiger partial charge < -0.3 is 10.4 Å². The van der Waals surface area contributed by atoms with Crippen LogP contribution < -0.4 is 5.32 Å².